The molecule has 0 saturated heterocycles. The predicted octanol–water partition coefficient (Wildman–Crippen LogP) is 3.75. The van der Waals surface area contributed by atoms with Crippen molar-refractivity contribution in [3.05, 3.63) is 77.0 Å². The summed E-state index contributed by atoms with van der Waals surface area (Å²) in [6, 6.07) is 6.87. The van der Waals surface area contributed by atoms with Gasteiger partial charge in [0.1, 0.15) is 11.4 Å². The Morgan fingerprint density at radius 2 is 2.05 bits per heavy atom. The minimum absolute atomic E-state index is 0.00175. The number of nitrogens with zero attached hydrogens (tertiary/aromatic N) is 5. The van der Waals surface area contributed by atoms with E-state index < -0.39 is 42.6 Å². The third kappa shape index (κ3) is 3.56. The van der Waals surface area contributed by atoms with Gasteiger partial charge in [-0.15, -0.1) is 0 Å². The van der Waals surface area contributed by atoms with Gasteiger partial charge in [0, 0.05) is 51.0 Å². The second-order valence-corrected chi connectivity index (χ2v) is 10.9. The Morgan fingerprint density at radius 3 is 2.74 bits per heavy atom. The number of aliphatic hydroxyl groups is 1. The van der Waals surface area contributed by atoms with Crippen LogP contribution in [0.5, 0.6) is 5.75 Å². The molecule has 11 heteroatoms. The molecule has 1 amide bonds. The second-order valence-electron chi connectivity index (χ2n) is 10.9. The monoisotopic (exact) mass is 535 g/mol. The van der Waals surface area contributed by atoms with Gasteiger partial charge in [-0.25, -0.2) is 4.52 Å². The van der Waals surface area contributed by atoms with Crippen LogP contribution in [0.3, 0.4) is 0 Å². The smallest absolute Gasteiger partial charge is 0.387 e. The first-order chi connectivity index (χ1) is 19.8. The molecular weight excluding hydrogens is 506 g/mol. The maximum Gasteiger partial charge on any atom is 0.387 e. The summed E-state index contributed by atoms with van der Waals surface area (Å²) < 4.78 is 57.7. The van der Waals surface area contributed by atoms with E-state index in [4.69, 9.17) is 14.6 Å². The molecular formula is C28H26F2N6O3. The van der Waals surface area contributed by atoms with E-state index in [0.29, 0.717) is 46.6 Å². The molecule has 3 aliphatic rings. The van der Waals surface area contributed by atoms with E-state index in [0.717, 1.165) is 4.90 Å². The van der Waals surface area contributed by atoms with Gasteiger partial charge in [-0.3, -0.25) is 14.8 Å². The van der Waals surface area contributed by atoms with E-state index in [1.807, 2.05) is 13.0 Å². The van der Waals surface area contributed by atoms with Crippen LogP contribution in [0.2, 0.25) is 0 Å². The fourth-order valence-corrected chi connectivity index (χ4v) is 6.53. The number of hydrogen-bond acceptors (Lipinski definition) is 7. The van der Waals surface area contributed by atoms with E-state index >= 15 is 0 Å². The number of fused-ring (bicyclic) bond motifs is 9. The highest BCUT2D eigenvalue weighted by Crippen LogP contribution is 2.53. The summed E-state index contributed by atoms with van der Waals surface area (Å²) in [6.45, 7) is -4.08. The molecule has 0 unspecified atom stereocenters. The molecule has 1 fully saturated rings. The standard InChI is InChI=1S/C28H26F2N6O3/c1-27(31)12-28(38,13-27)21-11-32-17(10-33-21)14-6-7-36-18(8-14)23-16-9-19(24(23)34-36)35(2)25(37)15-4-3-5-20(22(15)16)39-26(29)30/h3-8,10-11,16,19,26,38H,9,12-13,31H2,1-2H3/t16-,19-,27?,28?/m1/s1/i2D3. The van der Waals surface area contributed by atoms with Gasteiger partial charge in [0.15, 0.2) is 0 Å². The lowest BCUT2D eigenvalue weighted by Crippen LogP contribution is -2.58. The molecule has 1 saturated carbocycles. The van der Waals surface area contributed by atoms with E-state index in [1.165, 1.54) is 24.4 Å². The largest absolute Gasteiger partial charge is 0.434 e. The molecule has 2 atom stereocenters. The Labute approximate surface area is 226 Å². The second kappa shape index (κ2) is 8.03. The normalized spacial score (nSPS) is 28.8. The van der Waals surface area contributed by atoms with Crippen molar-refractivity contribution in [2.45, 2.75) is 55.9 Å². The number of pyridine rings is 1. The molecule has 39 heavy (non-hydrogen) atoms. The summed E-state index contributed by atoms with van der Waals surface area (Å²) in [6.07, 6.45) is 5.67. The van der Waals surface area contributed by atoms with Crippen LogP contribution < -0.4 is 10.5 Å². The van der Waals surface area contributed by atoms with E-state index in [9.17, 15) is 18.7 Å². The highest BCUT2D eigenvalue weighted by molar-refractivity contribution is 5.98. The maximum atomic E-state index is 13.6. The Morgan fingerprint density at radius 1 is 1.23 bits per heavy atom. The van der Waals surface area contributed by atoms with Crippen molar-refractivity contribution in [1.29, 1.82) is 0 Å². The summed E-state index contributed by atoms with van der Waals surface area (Å²) in [7, 11) is 0. The van der Waals surface area contributed by atoms with Crippen LogP contribution in [0.1, 0.15) is 75.1 Å². The molecule has 0 spiro atoms. The third-order valence-electron chi connectivity index (χ3n) is 8.03. The van der Waals surface area contributed by atoms with E-state index in [2.05, 4.69) is 15.1 Å². The number of carbonyl (C=O) groups is 1. The summed E-state index contributed by atoms with van der Waals surface area (Å²) >= 11 is 0. The number of rotatable bonds is 4. The number of halogens is 2. The summed E-state index contributed by atoms with van der Waals surface area (Å²) in [5, 5.41) is 15.5. The van der Waals surface area contributed by atoms with Crippen molar-refractivity contribution >= 4 is 11.4 Å². The summed E-state index contributed by atoms with van der Waals surface area (Å²) in [5.74, 6) is -1.61. The molecule has 0 radical (unpaired) electrons. The van der Waals surface area contributed by atoms with Gasteiger partial charge < -0.3 is 20.5 Å². The SMILES string of the molecule is [2H]C([2H])([2H])N1C(=O)c2cccc(OC(F)F)c2[C@H]2C[C@@H]1c1nn3ccc(-c4cnc(C5(O)CC(C)(N)C5)cn4)cc3c12. The van der Waals surface area contributed by atoms with Crippen LogP contribution in [0.4, 0.5) is 8.78 Å². The number of alkyl halides is 2. The van der Waals surface area contributed by atoms with Crippen LogP contribution in [-0.2, 0) is 5.60 Å². The molecule has 7 rings (SSSR count). The van der Waals surface area contributed by atoms with Crippen molar-refractivity contribution in [2.24, 2.45) is 5.73 Å². The van der Waals surface area contributed by atoms with Crippen LogP contribution in [0, 0.1) is 0 Å². The number of amides is 1. The van der Waals surface area contributed by atoms with Crippen LogP contribution in [0.25, 0.3) is 16.8 Å². The van der Waals surface area contributed by atoms with Gasteiger partial charge in [0.25, 0.3) is 5.91 Å². The van der Waals surface area contributed by atoms with Crippen molar-refractivity contribution in [2.75, 3.05) is 6.98 Å². The Balaban J connectivity index is 1.36. The highest BCUT2D eigenvalue weighted by Gasteiger charge is 2.51. The lowest BCUT2D eigenvalue weighted by molar-refractivity contribution is -0.0901. The van der Waals surface area contributed by atoms with Crippen molar-refractivity contribution in [3.8, 4) is 17.0 Å². The van der Waals surface area contributed by atoms with Crippen LogP contribution in [-0.4, -0.2) is 54.6 Å². The van der Waals surface area contributed by atoms with Crippen LogP contribution in [0.15, 0.2) is 48.9 Å². The van der Waals surface area contributed by atoms with E-state index in [1.54, 1.807) is 23.0 Å². The van der Waals surface area contributed by atoms with Gasteiger partial charge in [-0.2, -0.15) is 13.9 Å². The average Bonchev–Trinajstić information content (AvgIpc) is 3.39. The molecule has 2 aliphatic carbocycles. The van der Waals surface area contributed by atoms with Crippen molar-refractivity contribution in [3.63, 3.8) is 0 Å². The number of hydrogen-bond donors (Lipinski definition) is 2. The molecule has 1 aliphatic heterocycles. The van der Waals surface area contributed by atoms with Gasteiger partial charge in [0.05, 0.1) is 41.0 Å². The minimum atomic E-state index is -3.14. The van der Waals surface area contributed by atoms with Gasteiger partial charge in [0.2, 0.25) is 0 Å². The first-order valence-corrected chi connectivity index (χ1v) is 12.5. The number of ether oxygens (including phenoxy) is 1. The molecule has 4 aromatic rings. The fourth-order valence-electron chi connectivity index (χ4n) is 6.53. The first kappa shape index (κ1) is 20.9. The predicted molar refractivity (Wildman–Crippen MR) is 136 cm³/mol. The summed E-state index contributed by atoms with van der Waals surface area (Å²) in [5.41, 5.74) is 7.96. The quantitative estimate of drug-likeness (QED) is 0.409. The Bertz CT molecular complexity index is 1750. The summed E-state index contributed by atoms with van der Waals surface area (Å²) in [4.78, 5) is 23.4. The third-order valence-corrected chi connectivity index (χ3v) is 8.03. The van der Waals surface area contributed by atoms with Gasteiger partial charge in [-0.05, 0) is 50.5 Å². The molecule has 9 nitrogen and oxygen atoms in total. The van der Waals surface area contributed by atoms with Gasteiger partial charge >= 0.3 is 6.61 Å². The van der Waals surface area contributed by atoms with Crippen molar-refractivity contribution in [1.82, 2.24) is 24.5 Å². The average molecular weight is 536 g/mol. The number of benzene rings is 1. The Kier molecular flexibility index (Phi) is 4.31. The molecule has 1 aromatic carbocycles. The topological polar surface area (TPSA) is 119 Å². The fraction of sp³-hybridized carbons (Fsp3) is 0.357. The zero-order chi connectivity index (χ0) is 29.8. The Hall–Kier alpha value is -3.96. The lowest BCUT2D eigenvalue weighted by atomic mass is 9.65. The maximum absolute atomic E-state index is 13.6. The lowest BCUT2D eigenvalue weighted by Gasteiger charge is -2.48. The van der Waals surface area contributed by atoms with Gasteiger partial charge in [-0.1, -0.05) is 6.07 Å². The number of aromatic nitrogens is 4. The van der Waals surface area contributed by atoms with Crippen molar-refractivity contribution < 1.29 is 27.5 Å². The highest BCUT2D eigenvalue weighted by atomic mass is 19.3. The molecule has 3 aromatic heterocycles. The molecule has 4 heterocycles. The molecule has 2 bridgehead atoms. The molecule has 3 N–H and O–H groups in total. The van der Waals surface area contributed by atoms with Crippen LogP contribution >= 0.6 is 0 Å². The molecule has 200 valence electrons. The number of carbonyl (C=O) groups excluding carboxylic acids is 1. The zero-order valence-electron chi connectivity index (χ0n) is 23.8. The first-order valence-electron chi connectivity index (χ1n) is 14.0. The minimum Gasteiger partial charge on any atom is -0.434 e. The number of nitrogens with two attached hydrogens (primary N) is 1. The van der Waals surface area contributed by atoms with E-state index in [-0.39, 0.29) is 23.3 Å². The zero-order valence-corrected chi connectivity index (χ0v) is 20.8.